The molecule has 0 aliphatic rings. The molecule has 0 saturated carbocycles. The summed E-state index contributed by atoms with van der Waals surface area (Å²) in [4.78, 5) is 16.9. The van der Waals surface area contributed by atoms with Gasteiger partial charge in [0, 0.05) is 38.1 Å². The summed E-state index contributed by atoms with van der Waals surface area (Å²) < 4.78 is 39.0. The average Bonchev–Trinajstić information content (AvgIpc) is 3.36. The fraction of sp³-hybridized carbons (Fsp3) is 0.320. The zero-order valence-corrected chi connectivity index (χ0v) is 20.9. The Morgan fingerprint density at radius 3 is 2.38 bits per heavy atom. The maximum Gasteiger partial charge on any atom is 0.290 e. The summed E-state index contributed by atoms with van der Waals surface area (Å²) in [5.74, 6) is 0.624. The molecular formula is C25H31N3O5S. The lowest BCUT2D eigenvalue weighted by molar-refractivity contribution is 0.0639. The third-order valence-electron chi connectivity index (χ3n) is 5.64. The van der Waals surface area contributed by atoms with E-state index in [9.17, 15) is 13.2 Å². The number of furan rings is 1. The number of ether oxygens (including phenoxy) is 1. The van der Waals surface area contributed by atoms with Crippen molar-refractivity contribution in [1.82, 2.24) is 4.90 Å². The normalized spacial score (nSPS) is 12.1. The van der Waals surface area contributed by atoms with Crippen LogP contribution >= 0.6 is 0 Å². The van der Waals surface area contributed by atoms with Gasteiger partial charge in [-0.25, -0.2) is 8.42 Å². The summed E-state index contributed by atoms with van der Waals surface area (Å²) in [6.45, 7) is 4.28. The second kappa shape index (κ2) is 10.6. The van der Waals surface area contributed by atoms with Crippen molar-refractivity contribution in [2.45, 2.75) is 37.8 Å². The van der Waals surface area contributed by atoms with Crippen molar-refractivity contribution < 1.29 is 22.4 Å². The number of amides is 1. The van der Waals surface area contributed by atoms with Gasteiger partial charge < -0.3 is 19.0 Å². The molecule has 8 nitrogen and oxygen atoms in total. The molecule has 3 rings (SSSR count). The Morgan fingerprint density at radius 1 is 1.12 bits per heavy atom. The molecule has 0 aliphatic carbocycles. The van der Waals surface area contributed by atoms with Crippen LogP contribution in [0.15, 0.2) is 70.2 Å². The number of benzene rings is 2. The lowest BCUT2D eigenvalue weighted by atomic mass is 10.1. The first-order valence-corrected chi connectivity index (χ1v) is 12.5. The molecule has 0 bridgehead atoms. The number of anilines is 2. The number of sulfonamides is 1. The van der Waals surface area contributed by atoms with Crippen LogP contribution in [0.4, 0.5) is 11.4 Å². The molecule has 0 aliphatic heterocycles. The van der Waals surface area contributed by atoms with Crippen LogP contribution in [0.1, 0.15) is 36.4 Å². The van der Waals surface area contributed by atoms with E-state index in [0.29, 0.717) is 18.0 Å². The highest BCUT2D eigenvalue weighted by Crippen LogP contribution is 2.28. The van der Waals surface area contributed by atoms with E-state index in [2.05, 4.69) is 4.72 Å². The third-order valence-corrected chi connectivity index (χ3v) is 7.04. The van der Waals surface area contributed by atoms with Gasteiger partial charge in [-0.3, -0.25) is 9.52 Å². The summed E-state index contributed by atoms with van der Waals surface area (Å²) in [7, 11) is 1.53. The van der Waals surface area contributed by atoms with E-state index in [1.807, 2.05) is 38.9 Å². The van der Waals surface area contributed by atoms with Gasteiger partial charge in [0.15, 0.2) is 5.76 Å². The molecule has 9 heteroatoms. The topological polar surface area (TPSA) is 92.1 Å². The van der Waals surface area contributed by atoms with Gasteiger partial charge in [-0.05, 0) is 73.5 Å². The zero-order valence-electron chi connectivity index (χ0n) is 20.1. The fourth-order valence-corrected chi connectivity index (χ4v) is 4.60. The highest BCUT2D eigenvalue weighted by atomic mass is 32.2. The van der Waals surface area contributed by atoms with E-state index in [4.69, 9.17) is 9.15 Å². The quantitative estimate of drug-likeness (QED) is 0.451. The predicted molar refractivity (Wildman–Crippen MR) is 133 cm³/mol. The molecule has 34 heavy (non-hydrogen) atoms. The first kappa shape index (κ1) is 25.2. The molecule has 1 aromatic heterocycles. The molecule has 1 N–H and O–H groups in total. The van der Waals surface area contributed by atoms with E-state index >= 15 is 0 Å². The molecule has 1 heterocycles. The lowest BCUT2D eigenvalue weighted by Gasteiger charge is -2.30. The largest absolute Gasteiger partial charge is 0.497 e. The van der Waals surface area contributed by atoms with Crippen LogP contribution in [0.2, 0.25) is 0 Å². The minimum Gasteiger partial charge on any atom is -0.497 e. The first-order chi connectivity index (χ1) is 16.2. The van der Waals surface area contributed by atoms with Gasteiger partial charge in [-0.15, -0.1) is 0 Å². The number of hydrogen-bond donors (Lipinski definition) is 1. The van der Waals surface area contributed by atoms with Gasteiger partial charge in [-0.2, -0.15) is 0 Å². The van der Waals surface area contributed by atoms with Crippen molar-refractivity contribution in [2.24, 2.45) is 0 Å². The van der Waals surface area contributed by atoms with E-state index in [-0.39, 0.29) is 22.6 Å². The van der Waals surface area contributed by atoms with Gasteiger partial charge in [0.05, 0.1) is 18.3 Å². The van der Waals surface area contributed by atoms with E-state index < -0.39 is 10.0 Å². The highest BCUT2D eigenvalue weighted by Gasteiger charge is 2.24. The maximum absolute atomic E-state index is 13.1. The number of nitrogens with zero attached hydrogens (tertiary/aromatic N) is 2. The highest BCUT2D eigenvalue weighted by molar-refractivity contribution is 7.92. The average molecular weight is 486 g/mol. The zero-order chi connectivity index (χ0) is 24.9. The minimum absolute atomic E-state index is 0.0488. The SMILES string of the molecule is CCC(C)N(Cc1cc(NS(=O)(=O)c2ccc(OC)cc2)ccc1N(C)C)C(=O)c1ccco1. The van der Waals surface area contributed by atoms with Crippen LogP contribution in [0, 0.1) is 0 Å². The van der Waals surface area contributed by atoms with Gasteiger partial charge >= 0.3 is 0 Å². The third kappa shape index (κ3) is 5.72. The van der Waals surface area contributed by atoms with Crippen LogP contribution in [0.5, 0.6) is 5.75 Å². The molecule has 0 radical (unpaired) electrons. The van der Waals surface area contributed by atoms with Crippen molar-refractivity contribution in [3.05, 3.63) is 72.2 Å². The van der Waals surface area contributed by atoms with Crippen molar-refractivity contribution in [1.29, 1.82) is 0 Å². The summed E-state index contributed by atoms with van der Waals surface area (Å²) in [5, 5.41) is 0. The van der Waals surface area contributed by atoms with E-state index in [0.717, 1.165) is 17.7 Å². The Kier molecular flexibility index (Phi) is 7.88. The van der Waals surface area contributed by atoms with Crippen molar-refractivity contribution in [3.63, 3.8) is 0 Å². The second-order valence-electron chi connectivity index (χ2n) is 8.19. The molecule has 2 aromatic carbocycles. The summed E-state index contributed by atoms with van der Waals surface area (Å²) >= 11 is 0. The molecule has 3 aromatic rings. The molecule has 0 spiro atoms. The molecular weight excluding hydrogens is 454 g/mol. The number of methoxy groups -OCH3 is 1. The monoisotopic (exact) mass is 485 g/mol. The summed E-state index contributed by atoms with van der Waals surface area (Å²) in [6.07, 6.45) is 2.23. The second-order valence-corrected chi connectivity index (χ2v) is 9.87. The Balaban J connectivity index is 1.94. The Labute approximate surface area is 201 Å². The predicted octanol–water partition coefficient (Wildman–Crippen LogP) is 4.60. The van der Waals surface area contributed by atoms with E-state index in [1.165, 1.54) is 25.5 Å². The van der Waals surface area contributed by atoms with Gasteiger partial charge in [0.25, 0.3) is 15.9 Å². The Hall–Kier alpha value is -3.46. The van der Waals surface area contributed by atoms with Crippen LogP contribution in [-0.4, -0.2) is 46.5 Å². The van der Waals surface area contributed by atoms with Crippen LogP contribution in [0.3, 0.4) is 0 Å². The number of carbonyl (C=O) groups is 1. The Bertz CT molecular complexity index is 1210. The number of hydrogen-bond acceptors (Lipinski definition) is 6. The number of rotatable bonds is 10. The Morgan fingerprint density at radius 2 is 1.82 bits per heavy atom. The lowest BCUT2D eigenvalue weighted by Crippen LogP contribution is -2.38. The molecule has 1 amide bonds. The van der Waals surface area contributed by atoms with Crippen molar-refractivity contribution >= 4 is 27.3 Å². The standard InChI is InChI=1S/C25H31N3O5S/c1-6-18(2)28(25(29)24-8-7-15-33-24)17-19-16-20(9-14-23(19)27(3)4)26-34(30,31)22-12-10-21(32-5)11-13-22/h7-16,18,26H,6,17H2,1-5H3. The summed E-state index contributed by atoms with van der Waals surface area (Å²) in [6, 6.07) is 14.8. The van der Waals surface area contributed by atoms with Crippen LogP contribution in [0.25, 0.3) is 0 Å². The fourth-order valence-electron chi connectivity index (χ4n) is 3.55. The molecule has 1 atom stereocenters. The molecule has 1 unspecified atom stereocenters. The smallest absolute Gasteiger partial charge is 0.290 e. The van der Waals surface area contributed by atoms with Crippen molar-refractivity contribution in [2.75, 3.05) is 30.8 Å². The number of nitrogens with one attached hydrogen (secondary N) is 1. The number of carbonyl (C=O) groups excluding carboxylic acids is 1. The van der Waals surface area contributed by atoms with Gasteiger partial charge in [0.1, 0.15) is 5.75 Å². The maximum atomic E-state index is 13.1. The van der Waals surface area contributed by atoms with Crippen molar-refractivity contribution in [3.8, 4) is 5.75 Å². The summed E-state index contributed by atoms with van der Waals surface area (Å²) in [5.41, 5.74) is 2.10. The van der Waals surface area contributed by atoms with Gasteiger partial charge in [0.2, 0.25) is 0 Å². The molecule has 0 saturated heterocycles. The van der Waals surface area contributed by atoms with Crippen LogP contribution in [-0.2, 0) is 16.6 Å². The minimum atomic E-state index is -3.80. The van der Waals surface area contributed by atoms with E-state index in [1.54, 1.807) is 41.3 Å². The molecule has 182 valence electrons. The first-order valence-electron chi connectivity index (χ1n) is 11.0. The van der Waals surface area contributed by atoms with Crippen LogP contribution < -0.4 is 14.4 Å². The van der Waals surface area contributed by atoms with Gasteiger partial charge in [-0.1, -0.05) is 6.92 Å². The molecule has 0 fully saturated rings.